The number of nitrogens with one attached hydrogen (secondary N) is 2. The topological polar surface area (TPSA) is 86.8 Å². The van der Waals surface area contributed by atoms with Crippen LogP contribution in [0.4, 0.5) is 11.5 Å². The Kier molecular flexibility index (Phi) is 4.85. The summed E-state index contributed by atoms with van der Waals surface area (Å²) in [6.45, 7) is 1.86. The van der Waals surface area contributed by atoms with Crippen molar-refractivity contribution in [3.8, 4) is 0 Å². The Hall–Kier alpha value is -3.74. The lowest BCUT2D eigenvalue weighted by atomic mass is 9.90. The highest BCUT2D eigenvalue weighted by Crippen LogP contribution is 2.32. The van der Waals surface area contributed by atoms with Crippen LogP contribution in [0.1, 0.15) is 34.8 Å². The van der Waals surface area contributed by atoms with E-state index in [0.717, 1.165) is 48.5 Å². The number of aromatic amines is 1. The summed E-state index contributed by atoms with van der Waals surface area (Å²) in [6.07, 6.45) is 7.33. The van der Waals surface area contributed by atoms with Gasteiger partial charge in [0.15, 0.2) is 0 Å². The van der Waals surface area contributed by atoms with Crippen molar-refractivity contribution in [1.29, 1.82) is 0 Å². The number of anilines is 2. The molecule has 0 saturated carbocycles. The van der Waals surface area contributed by atoms with Gasteiger partial charge >= 0.3 is 0 Å². The van der Waals surface area contributed by atoms with E-state index < -0.39 is 0 Å². The Balaban J connectivity index is 1.35. The molecule has 1 amide bonds. The van der Waals surface area contributed by atoms with E-state index in [4.69, 9.17) is 0 Å². The molecule has 1 aromatic carbocycles. The maximum absolute atomic E-state index is 12.4. The fraction of sp³-hybridized carbons (Fsp3) is 0.217. The Bertz CT molecular complexity index is 1170. The predicted molar refractivity (Wildman–Crippen MR) is 117 cm³/mol. The van der Waals surface area contributed by atoms with Gasteiger partial charge in [-0.25, -0.2) is 9.97 Å². The highest BCUT2D eigenvalue weighted by molar-refractivity contribution is 6.02. The second-order valence-electron chi connectivity index (χ2n) is 7.52. The van der Waals surface area contributed by atoms with Gasteiger partial charge in [-0.1, -0.05) is 18.2 Å². The molecule has 30 heavy (non-hydrogen) atoms. The number of amides is 1. The molecule has 0 spiro atoms. The average molecular weight is 398 g/mol. The third-order valence-electron chi connectivity index (χ3n) is 5.57. The van der Waals surface area contributed by atoms with Gasteiger partial charge in [0.2, 0.25) is 0 Å². The summed E-state index contributed by atoms with van der Waals surface area (Å²) in [4.78, 5) is 30.9. The molecular formula is C23H22N6O. The van der Waals surface area contributed by atoms with Gasteiger partial charge in [-0.05, 0) is 48.7 Å². The molecule has 7 nitrogen and oxygen atoms in total. The summed E-state index contributed by atoms with van der Waals surface area (Å²) in [5.41, 5.74) is 3.28. The molecule has 0 radical (unpaired) electrons. The number of piperidine rings is 1. The summed E-state index contributed by atoms with van der Waals surface area (Å²) in [7, 11) is 0. The van der Waals surface area contributed by atoms with Crippen molar-refractivity contribution >= 4 is 28.4 Å². The van der Waals surface area contributed by atoms with Gasteiger partial charge < -0.3 is 15.2 Å². The van der Waals surface area contributed by atoms with Crippen molar-refractivity contribution in [2.45, 2.75) is 18.8 Å². The van der Waals surface area contributed by atoms with Crippen LogP contribution in [0, 0.1) is 0 Å². The smallest absolute Gasteiger partial charge is 0.274 e. The molecule has 0 bridgehead atoms. The van der Waals surface area contributed by atoms with Gasteiger partial charge in [-0.3, -0.25) is 9.78 Å². The number of pyridine rings is 1. The van der Waals surface area contributed by atoms with Crippen molar-refractivity contribution in [1.82, 2.24) is 19.9 Å². The SMILES string of the molecule is O=C(Nc1cccc([C@H]2CCCN(c3ncnc4[nH]ccc34)C2)c1)c1ccccn1. The average Bonchev–Trinajstić information content (AvgIpc) is 3.29. The van der Waals surface area contributed by atoms with Gasteiger partial charge in [0.25, 0.3) is 5.91 Å². The minimum Gasteiger partial charge on any atom is -0.355 e. The number of H-pyrrole nitrogens is 1. The third-order valence-corrected chi connectivity index (χ3v) is 5.57. The van der Waals surface area contributed by atoms with Crippen LogP contribution in [0.3, 0.4) is 0 Å². The quantitative estimate of drug-likeness (QED) is 0.543. The van der Waals surface area contributed by atoms with Crippen LogP contribution in [0.15, 0.2) is 67.3 Å². The molecule has 2 N–H and O–H groups in total. The number of benzene rings is 1. The van der Waals surface area contributed by atoms with Crippen LogP contribution in [-0.2, 0) is 0 Å². The lowest BCUT2D eigenvalue weighted by molar-refractivity contribution is 0.102. The standard InChI is InChI=1S/C23H22N6O/c30-23(20-8-1-2-10-24-20)28-18-7-3-5-16(13-18)17-6-4-12-29(14-17)22-19-9-11-25-21(19)26-15-27-22/h1-3,5,7-11,13,15,17H,4,6,12,14H2,(H,28,30)(H,25,26,27)/t17-/m0/s1. The van der Waals surface area contributed by atoms with Gasteiger partial charge in [0.1, 0.15) is 23.5 Å². The lowest BCUT2D eigenvalue weighted by Crippen LogP contribution is -2.35. The fourth-order valence-corrected chi connectivity index (χ4v) is 4.11. The molecule has 1 aliphatic heterocycles. The Morgan fingerprint density at radius 1 is 1.10 bits per heavy atom. The summed E-state index contributed by atoms with van der Waals surface area (Å²) < 4.78 is 0. The zero-order valence-electron chi connectivity index (χ0n) is 16.5. The fourth-order valence-electron chi connectivity index (χ4n) is 4.11. The lowest BCUT2D eigenvalue weighted by Gasteiger charge is -2.34. The molecule has 3 aromatic heterocycles. The number of rotatable bonds is 4. The molecule has 4 heterocycles. The molecule has 0 aliphatic carbocycles. The first kappa shape index (κ1) is 18.3. The largest absolute Gasteiger partial charge is 0.355 e. The summed E-state index contributed by atoms with van der Waals surface area (Å²) in [5.74, 6) is 1.15. The second kappa shape index (κ2) is 7.94. The normalized spacial score (nSPS) is 16.5. The molecular weight excluding hydrogens is 376 g/mol. The van der Waals surface area contributed by atoms with E-state index in [1.165, 1.54) is 5.56 Å². The van der Waals surface area contributed by atoms with E-state index in [1.54, 1.807) is 24.7 Å². The molecule has 1 aliphatic rings. The van der Waals surface area contributed by atoms with Crippen LogP contribution >= 0.6 is 0 Å². The highest BCUT2D eigenvalue weighted by atomic mass is 16.1. The monoisotopic (exact) mass is 398 g/mol. The van der Waals surface area contributed by atoms with Crippen molar-refractivity contribution in [2.24, 2.45) is 0 Å². The summed E-state index contributed by atoms with van der Waals surface area (Å²) in [5, 5.41) is 4.01. The number of carbonyl (C=O) groups is 1. The van der Waals surface area contributed by atoms with Crippen molar-refractivity contribution in [3.05, 3.63) is 78.5 Å². The minimum atomic E-state index is -0.200. The molecule has 5 rings (SSSR count). The molecule has 1 fully saturated rings. The highest BCUT2D eigenvalue weighted by Gasteiger charge is 2.24. The van der Waals surface area contributed by atoms with Gasteiger partial charge in [0, 0.05) is 37.1 Å². The molecule has 0 unspecified atom stereocenters. The Morgan fingerprint density at radius 3 is 2.97 bits per heavy atom. The number of hydrogen-bond donors (Lipinski definition) is 2. The van der Waals surface area contributed by atoms with E-state index in [2.05, 4.69) is 42.3 Å². The number of nitrogens with zero attached hydrogens (tertiary/aromatic N) is 4. The van der Waals surface area contributed by atoms with Crippen molar-refractivity contribution < 1.29 is 4.79 Å². The first-order valence-corrected chi connectivity index (χ1v) is 10.1. The number of carbonyl (C=O) groups excluding carboxylic acids is 1. The number of hydrogen-bond acceptors (Lipinski definition) is 5. The molecule has 150 valence electrons. The number of aromatic nitrogens is 4. The van der Waals surface area contributed by atoms with E-state index in [0.29, 0.717) is 11.6 Å². The summed E-state index contributed by atoms with van der Waals surface area (Å²) >= 11 is 0. The maximum Gasteiger partial charge on any atom is 0.274 e. The zero-order valence-corrected chi connectivity index (χ0v) is 16.5. The number of fused-ring (bicyclic) bond motifs is 1. The molecule has 7 heteroatoms. The second-order valence-corrected chi connectivity index (χ2v) is 7.52. The van der Waals surface area contributed by atoms with Crippen LogP contribution in [-0.4, -0.2) is 38.9 Å². The van der Waals surface area contributed by atoms with Crippen LogP contribution in [0.2, 0.25) is 0 Å². The van der Waals surface area contributed by atoms with Gasteiger partial charge in [-0.15, -0.1) is 0 Å². The molecule has 4 aromatic rings. The van der Waals surface area contributed by atoms with E-state index in [9.17, 15) is 4.79 Å². The van der Waals surface area contributed by atoms with Crippen LogP contribution in [0.25, 0.3) is 11.0 Å². The van der Waals surface area contributed by atoms with Crippen molar-refractivity contribution in [2.75, 3.05) is 23.3 Å². The zero-order chi connectivity index (χ0) is 20.3. The van der Waals surface area contributed by atoms with Crippen molar-refractivity contribution in [3.63, 3.8) is 0 Å². The maximum atomic E-state index is 12.4. The van der Waals surface area contributed by atoms with E-state index in [1.807, 2.05) is 30.5 Å². The van der Waals surface area contributed by atoms with Crippen LogP contribution in [0.5, 0.6) is 0 Å². The molecule has 1 saturated heterocycles. The first-order valence-electron chi connectivity index (χ1n) is 10.1. The van der Waals surface area contributed by atoms with Crippen LogP contribution < -0.4 is 10.2 Å². The van der Waals surface area contributed by atoms with Gasteiger partial charge in [0.05, 0.1) is 5.39 Å². The summed E-state index contributed by atoms with van der Waals surface area (Å²) in [6, 6.07) is 15.5. The Labute approximate surface area is 174 Å². The van der Waals surface area contributed by atoms with E-state index in [-0.39, 0.29) is 5.91 Å². The van der Waals surface area contributed by atoms with E-state index >= 15 is 0 Å². The minimum absolute atomic E-state index is 0.200. The van der Waals surface area contributed by atoms with Gasteiger partial charge in [-0.2, -0.15) is 0 Å². The first-order chi connectivity index (χ1) is 14.8. The third kappa shape index (κ3) is 3.61. The molecule has 1 atom stereocenters. The predicted octanol–water partition coefficient (Wildman–Crippen LogP) is 3.99. The Morgan fingerprint density at radius 2 is 2.07 bits per heavy atom.